The molecule has 6 rings (SSSR count). The van der Waals surface area contributed by atoms with Crippen LogP contribution in [0.2, 0.25) is 0 Å². The number of aliphatic carboxylic acids is 1. The first-order valence-corrected chi connectivity index (χ1v) is 13.3. The van der Waals surface area contributed by atoms with Crippen LogP contribution >= 0.6 is 0 Å². The van der Waals surface area contributed by atoms with Crippen molar-refractivity contribution >= 4 is 18.0 Å². The summed E-state index contributed by atoms with van der Waals surface area (Å²) in [6, 6.07) is 0. The Kier molecular flexibility index (Phi) is 5.10. The highest BCUT2D eigenvalue weighted by atomic mass is 16.6. The monoisotopic (exact) mass is 470 g/mol. The lowest BCUT2D eigenvalue weighted by atomic mass is 9.41. The molecule has 34 heavy (non-hydrogen) atoms. The Balaban J connectivity index is 1.44. The van der Waals surface area contributed by atoms with Crippen molar-refractivity contribution in [2.45, 2.75) is 59.0 Å². The topological polar surface area (TPSA) is 88.4 Å². The molecular formula is C27H38N2O5. The summed E-state index contributed by atoms with van der Waals surface area (Å²) in [5.41, 5.74) is -0.844. The number of aldehydes is 1. The number of nitrogens with zero attached hydrogens (tertiary/aromatic N) is 2. The van der Waals surface area contributed by atoms with E-state index in [1.807, 2.05) is 0 Å². The van der Waals surface area contributed by atoms with Crippen LogP contribution in [0.25, 0.3) is 0 Å². The number of fused-ring (bicyclic) bond motifs is 2. The lowest BCUT2D eigenvalue weighted by Crippen LogP contribution is -2.64. The molecule has 186 valence electrons. The van der Waals surface area contributed by atoms with Crippen molar-refractivity contribution in [3.05, 3.63) is 11.6 Å². The number of hydrogen-bond donors (Lipinski definition) is 1. The fourth-order valence-electron chi connectivity index (χ4n) is 9.58. The number of carboxylic acids is 1. The van der Waals surface area contributed by atoms with Crippen molar-refractivity contribution in [1.29, 1.82) is 0 Å². The molecule has 6 aliphatic rings. The first-order chi connectivity index (χ1) is 16.3. The predicted molar refractivity (Wildman–Crippen MR) is 126 cm³/mol. The fraction of sp³-hybridized carbons (Fsp3) is 0.815. The number of carbonyl (C=O) groups excluding carboxylic acids is 1. The van der Waals surface area contributed by atoms with Gasteiger partial charge < -0.3 is 19.5 Å². The van der Waals surface area contributed by atoms with E-state index < -0.39 is 22.2 Å². The second-order valence-electron chi connectivity index (χ2n) is 12.2. The smallest absolute Gasteiger partial charge is 0.315 e. The van der Waals surface area contributed by atoms with Crippen LogP contribution in [0.3, 0.4) is 0 Å². The third-order valence-electron chi connectivity index (χ3n) is 10.7. The highest BCUT2D eigenvalue weighted by Crippen LogP contribution is 2.83. The number of rotatable bonds is 6. The van der Waals surface area contributed by atoms with Crippen molar-refractivity contribution in [3.8, 4) is 0 Å². The molecule has 0 spiro atoms. The fourth-order valence-corrected chi connectivity index (χ4v) is 9.58. The van der Waals surface area contributed by atoms with Gasteiger partial charge in [0, 0.05) is 31.5 Å². The number of hydrogen-bond acceptors (Lipinski definition) is 6. The molecule has 4 unspecified atom stereocenters. The molecule has 4 aliphatic carbocycles. The van der Waals surface area contributed by atoms with Crippen LogP contribution in [-0.2, 0) is 19.2 Å². The summed E-state index contributed by atoms with van der Waals surface area (Å²) in [5.74, 6) is 0.294. The maximum absolute atomic E-state index is 13.6. The van der Waals surface area contributed by atoms with Gasteiger partial charge in [-0.25, -0.2) is 0 Å². The minimum absolute atomic E-state index is 0.0356. The summed E-state index contributed by atoms with van der Waals surface area (Å²) in [7, 11) is 0. The summed E-state index contributed by atoms with van der Waals surface area (Å²) in [6.07, 6.45) is 7.39. The van der Waals surface area contributed by atoms with Gasteiger partial charge in [0.15, 0.2) is 0 Å². The Morgan fingerprint density at radius 3 is 2.74 bits per heavy atom. The van der Waals surface area contributed by atoms with Crippen LogP contribution in [0.1, 0.15) is 52.9 Å². The number of allylic oxidation sites excluding steroid dienone is 1. The van der Waals surface area contributed by atoms with Gasteiger partial charge in [-0.1, -0.05) is 44.0 Å². The quantitative estimate of drug-likeness (QED) is 0.473. The van der Waals surface area contributed by atoms with E-state index in [9.17, 15) is 14.7 Å². The molecule has 7 heteroatoms. The van der Waals surface area contributed by atoms with Gasteiger partial charge in [0.1, 0.15) is 17.8 Å². The molecule has 7 nitrogen and oxygen atoms in total. The first-order valence-electron chi connectivity index (χ1n) is 13.3. The molecular weight excluding hydrogens is 432 g/mol. The van der Waals surface area contributed by atoms with Crippen LogP contribution in [0.15, 0.2) is 16.8 Å². The minimum Gasteiger partial charge on any atom is -0.481 e. The van der Waals surface area contributed by atoms with E-state index in [1.54, 1.807) is 0 Å². The first kappa shape index (κ1) is 22.7. The minimum atomic E-state index is -1.21. The lowest BCUT2D eigenvalue weighted by Gasteiger charge is -2.58. The lowest BCUT2D eigenvalue weighted by molar-refractivity contribution is -0.173. The zero-order valence-corrected chi connectivity index (χ0v) is 20.7. The van der Waals surface area contributed by atoms with E-state index in [0.29, 0.717) is 24.7 Å². The molecule has 3 saturated carbocycles. The van der Waals surface area contributed by atoms with Gasteiger partial charge in [-0.15, -0.1) is 0 Å². The zero-order valence-electron chi connectivity index (χ0n) is 20.7. The van der Waals surface area contributed by atoms with Crippen LogP contribution < -0.4 is 0 Å². The summed E-state index contributed by atoms with van der Waals surface area (Å²) in [4.78, 5) is 35.1. The van der Waals surface area contributed by atoms with Gasteiger partial charge in [-0.3, -0.25) is 9.69 Å². The molecule has 4 fully saturated rings. The largest absolute Gasteiger partial charge is 0.481 e. The van der Waals surface area contributed by atoms with E-state index in [4.69, 9.17) is 9.57 Å². The third kappa shape index (κ3) is 2.53. The van der Waals surface area contributed by atoms with Gasteiger partial charge in [-0.2, -0.15) is 0 Å². The second-order valence-corrected chi connectivity index (χ2v) is 12.2. The summed E-state index contributed by atoms with van der Waals surface area (Å²) in [6.45, 7) is 10.5. The maximum Gasteiger partial charge on any atom is 0.315 e. The number of oxime groups is 1. The molecule has 2 heterocycles. The van der Waals surface area contributed by atoms with Gasteiger partial charge in [0.2, 0.25) is 0 Å². The molecule has 2 aliphatic heterocycles. The zero-order chi connectivity index (χ0) is 23.9. The van der Waals surface area contributed by atoms with Crippen LogP contribution in [0, 0.1) is 45.8 Å². The number of carboxylic acid groups (broad SMARTS) is 1. The van der Waals surface area contributed by atoms with E-state index >= 15 is 0 Å². The van der Waals surface area contributed by atoms with E-state index in [-0.39, 0.29) is 23.9 Å². The maximum atomic E-state index is 13.6. The average molecular weight is 471 g/mol. The van der Waals surface area contributed by atoms with Crippen molar-refractivity contribution < 1.29 is 24.3 Å². The Labute approximate surface area is 201 Å². The summed E-state index contributed by atoms with van der Waals surface area (Å²) < 4.78 is 5.49. The van der Waals surface area contributed by atoms with Gasteiger partial charge >= 0.3 is 5.97 Å². The summed E-state index contributed by atoms with van der Waals surface area (Å²) in [5, 5.41) is 15.8. The predicted octanol–water partition coefficient (Wildman–Crippen LogP) is 3.39. The van der Waals surface area contributed by atoms with Crippen LogP contribution in [0.5, 0.6) is 0 Å². The van der Waals surface area contributed by atoms with Crippen molar-refractivity contribution in [2.24, 2.45) is 51.0 Å². The van der Waals surface area contributed by atoms with E-state index in [1.165, 1.54) is 0 Å². The molecule has 0 radical (unpaired) electrons. The van der Waals surface area contributed by atoms with E-state index in [2.05, 4.69) is 36.9 Å². The highest BCUT2D eigenvalue weighted by Gasteiger charge is 2.85. The Morgan fingerprint density at radius 2 is 2.06 bits per heavy atom. The van der Waals surface area contributed by atoms with Gasteiger partial charge in [0.25, 0.3) is 0 Å². The highest BCUT2D eigenvalue weighted by molar-refractivity contribution is 6.03. The normalized spacial score (nSPS) is 47.4. The number of morpholine rings is 1. The Hall–Kier alpha value is -1.73. The van der Waals surface area contributed by atoms with E-state index in [0.717, 1.165) is 69.7 Å². The number of carbonyl (C=O) groups is 2. The molecule has 8 atom stereocenters. The van der Waals surface area contributed by atoms with Crippen molar-refractivity contribution in [3.63, 3.8) is 0 Å². The molecule has 4 bridgehead atoms. The summed E-state index contributed by atoms with van der Waals surface area (Å²) >= 11 is 0. The third-order valence-corrected chi connectivity index (χ3v) is 10.7. The van der Waals surface area contributed by atoms with Crippen molar-refractivity contribution in [2.75, 3.05) is 32.8 Å². The Bertz CT molecular complexity index is 955. The standard InChI is InChI=1S/C27H38N2O5/c1-16(2)22-10-18-12-25(15-30)21-5-4-17(3)20(21)13-26(18,27(22,25)24(31)32)23-11-19(34-28-23)14-29-6-8-33-9-7-29/h10,15-21H,4-9,11-14H2,1-3H3,(H,31,32)/t17-,18?,19?,20-,21-,25?,26?,27+/m1/s1. The molecule has 0 amide bonds. The average Bonchev–Trinajstić information content (AvgIpc) is 3.54. The number of ether oxygens (including phenoxy) is 1. The molecule has 0 aromatic carbocycles. The van der Waals surface area contributed by atoms with Crippen LogP contribution in [-0.4, -0.2) is 66.9 Å². The van der Waals surface area contributed by atoms with Crippen LogP contribution in [0.4, 0.5) is 0 Å². The van der Waals surface area contributed by atoms with Gasteiger partial charge in [0.05, 0.1) is 24.3 Å². The SMILES string of the molecule is CC(C)C1=CC2CC3(C=O)[C@@H]4CC[C@@H](C)[C@H]4CC2(C2=NOC(CN4CCOCC4)C2)[C@]13C(=O)O. The molecule has 1 saturated heterocycles. The van der Waals surface area contributed by atoms with Crippen molar-refractivity contribution in [1.82, 2.24) is 4.90 Å². The molecule has 0 aromatic rings. The van der Waals surface area contributed by atoms with Gasteiger partial charge in [-0.05, 0) is 48.9 Å². The Morgan fingerprint density at radius 1 is 1.29 bits per heavy atom. The molecule has 1 N–H and O–H groups in total. The second kappa shape index (κ2) is 7.63. The molecule has 0 aromatic heterocycles.